The van der Waals surface area contributed by atoms with Crippen LogP contribution in [0.3, 0.4) is 0 Å². The zero-order chi connectivity index (χ0) is 17.4. The Morgan fingerprint density at radius 2 is 1.80 bits per heavy atom. The molecule has 1 fully saturated rings. The molecule has 0 aliphatic heterocycles. The third-order valence-electron chi connectivity index (χ3n) is 4.37. The summed E-state index contributed by atoms with van der Waals surface area (Å²) in [6, 6.07) is 6.73. The van der Waals surface area contributed by atoms with Crippen LogP contribution in [-0.4, -0.2) is 20.2 Å². The molecule has 1 aliphatic rings. The van der Waals surface area contributed by atoms with E-state index in [1.165, 1.54) is 18.5 Å². The van der Waals surface area contributed by atoms with Gasteiger partial charge in [-0.25, -0.2) is 14.4 Å². The molecular weight excluding hydrogens is 333 g/mol. The predicted molar refractivity (Wildman–Crippen MR) is 81.3 cm³/mol. The molecule has 0 spiro atoms. The molecule has 3 aromatic rings. The lowest BCUT2D eigenvalue weighted by Crippen LogP contribution is -2.14. The van der Waals surface area contributed by atoms with Crippen LogP contribution in [0, 0.1) is 5.82 Å². The first kappa shape index (κ1) is 15.7. The molecule has 8 heteroatoms. The molecule has 0 saturated heterocycles. The monoisotopic (exact) mass is 346 g/mol. The number of aromatic nitrogens is 4. The van der Waals surface area contributed by atoms with E-state index >= 15 is 0 Å². The molecule has 5 nitrogen and oxygen atoms in total. The van der Waals surface area contributed by atoms with Gasteiger partial charge < -0.3 is 4.42 Å². The van der Waals surface area contributed by atoms with Crippen molar-refractivity contribution in [3.05, 3.63) is 59.8 Å². The summed E-state index contributed by atoms with van der Waals surface area (Å²) in [7, 11) is 0. The van der Waals surface area contributed by atoms with E-state index in [4.69, 9.17) is 4.42 Å². The summed E-state index contributed by atoms with van der Waals surface area (Å²) in [6.07, 6.45) is 2.34. The smallest absolute Gasteiger partial charge is 0.314 e. The lowest BCUT2D eigenvalue weighted by Gasteiger charge is -2.15. The van der Waals surface area contributed by atoms with Crippen LogP contribution in [0.2, 0.25) is 0 Å². The third-order valence-corrected chi connectivity index (χ3v) is 4.37. The Balaban J connectivity index is 1.54. The van der Waals surface area contributed by atoms with Crippen molar-refractivity contribution in [2.75, 3.05) is 0 Å². The van der Waals surface area contributed by atoms with Gasteiger partial charge in [0.05, 0.1) is 5.56 Å². The van der Waals surface area contributed by atoms with Gasteiger partial charge >= 0.3 is 6.43 Å². The van der Waals surface area contributed by atoms with Crippen molar-refractivity contribution in [1.82, 2.24) is 20.2 Å². The Morgan fingerprint density at radius 3 is 2.40 bits per heavy atom. The van der Waals surface area contributed by atoms with Gasteiger partial charge in [0.25, 0.3) is 11.8 Å². The van der Waals surface area contributed by atoms with Gasteiger partial charge in [-0.1, -0.05) is 18.2 Å². The highest BCUT2D eigenvalue weighted by Gasteiger charge is 2.46. The fourth-order valence-corrected chi connectivity index (χ4v) is 2.88. The first-order valence-corrected chi connectivity index (χ1v) is 7.75. The van der Waals surface area contributed by atoms with E-state index in [1.54, 1.807) is 12.1 Å². The third kappa shape index (κ3) is 2.99. The maximum Gasteiger partial charge on any atom is 0.314 e. The average molecular weight is 346 g/mol. The zero-order valence-electron chi connectivity index (χ0n) is 13.0. The van der Waals surface area contributed by atoms with Crippen molar-refractivity contribution < 1.29 is 17.6 Å². The Bertz CT molecular complexity index is 891. The summed E-state index contributed by atoms with van der Waals surface area (Å²) in [5.74, 6) is -0.465. The molecule has 4 rings (SSSR count). The molecule has 0 bridgehead atoms. The van der Waals surface area contributed by atoms with Crippen LogP contribution in [0.15, 0.2) is 41.1 Å². The fraction of sp³-hybridized carbons (Fsp3) is 0.294. The molecule has 0 N–H and O–H groups in total. The number of benzene rings is 1. The van der Waals surface area contributed by atoms with Crippen molar-refractivity contribution in [3.63, 3.8) is 0 Å². The Morgan fingerprint density at radius 1 is 1.08 bits per heavy atom. The van der Waals surface area contributed by atoms with Crippen molar-refractivity contribution in [2.45, 2.75) is 31.1 Å². The molecule has 2 aromatic heterocycles. The quantitative estimate of drug-likeness (QED) is 0.701. The van der Waals surface area contributed by atoms with Gasteiger partial charge in [0.2, 0.25) is 0 Å². The normalized spacial score (nSPS) is 15.5. The number of hydrogen-bond acceptors (Lipinski definition) is 5. The van der Waals surface area contributed by atoms with Crippen molar-refractivity contribution >= 4 is 0 Å². The molecule has 128 valence electrons. The number of alkyl halides is 2. The zero-order valence-corrected chi connectivity index (χ0v) is 13.0. The summed E-state index contributed by atoms with van der Waals surface area (Å²) in [5, 5.41) is 6.83. The number of rotatable bonds is 5. The van der Waals surface area contributed by atoms with Crippen molar-refractivity contribution in [2.24, 2.45) is 0 Å². The van der Waals surface area contributed by atoms with Gasteiger partial charge in [-0.3, -0.25) is 0 Å². The number of hydrogen-bond donors (Lipinski definition) is 0. The van der Waals surface area contributed by atoms with Crippen LogP contribution in [0.1, 0.15) is 36.5 Å². The van der Waals surface area contributed by atoms with Crippen molar-refractivity contribution in [3.8, 4) is 11.5 Å². The molecule has 0 amide bonds. The molecule has 0 radical (unpaired) electrons. The summed E-state index contributed by atoms with van der Waals surface area (Å²) in [5.41, 5.74) is 0.778. The fourth-order valence-electron chi connectivity index (χ4n) is 2.88. The molecule has 0 unspecified atom stereocenters. The first-order valence-electron chi connectivity index (χ1n) is 7.75. The van der Waals surface area contributed by atoms with E-state index in [1.807, 2.05) is 6.07 Å². The van der Waals surface area contributed by atoms with Gasteiger partial charge in [-0.15, -0.1) is 10.2 Å². The SMILES string of the molecule is Fc1ccccc1C1(Cc2ncc(-c3nnc(C(F)F)o3)cn2)CC1. The van der Waals surface area contributed by atoms with Crippen LogP contribution < -0.4 is 0 Å². The highest BCUT2D eigenvalue weighted by atomic mass is 19.3. The predicted octanol–water partition coefficient (Wildman–Crippen LogP) is 3.88. The second-order valence-corrected chi connectivity index (χ2v) is 6.07. The summed E-state index contributed by atoms with van der Waals surface area (Å²) in [6.45, 7) is 0. The summed E-state index contributed by atoms with van der Waals surface area (Å²) in [4.78, 5) is 8.48. The van der Waals surface area contributed by atoms with Crippen LogP contribution in [0.25, 0.3) is 11.5 Å². The molecule has 2 heterocycles. The van der Waals surface area contributed by atoms with Crippen molar-refractivity contribution in [1.29, 1.82) is 0 Å². The maximum absolute atomic E-state index is 14.1. The topological polar surface area (TPSA) is 64.7 Å². The molecule has 1 aliphatic carbocycles. The van der Waals surface area contributed by atoms with Gasteiger partial charge in [0.15, 0.2) is 0 Å². The average Bonchev–Trinajstić information content (AvgIpc) is 3.20. The summed E-state index contributed by atoms with van der Waals surface area (Å²) >= 11 is 0. The highest BCUT2D eigenvalue weighted by Crippen LogP contribution is 2.51. The standard InChI is InChI=1S/C17H13F3N4O/c18-12-4-2-1-3-11(12)17(5-6-17)7-13-21-8-10(9-22-13)15-23-24-16(25-15)14(19)20/h1-4,8-9,14H,5-7H2. The lowest BCUT2D eigenvalue weighted by atomic mass is 9.91. The minimum Gasteiger partial charge on any atom is -0.415 e. The Kier molecular flexibility index (Phi) is 3.74. The highest BCUT2D eigenvalue weighted by molar-refractivity contribution is 5.48. The minimum atomic E-state index is -2.82. The molecule has 1 saturated carbocycles. The second-order valence-electron chi connectivity index (χ2n) is 6.07. The summed E-state index contributed by atoms with van der Waals surface area (Å²) < 4.78 is 43.9. The van der Waals surface area contributed by atoms with E-state index < -0.39 is 12.3 Å². The first-order chi connectivity index (χ1) is 12.1. The molecule has 1 aromatic carbocycles. The van der Waals surface area contributed by atoms with Crippen LogP contribution >= 0.6 is 0 Å². The maximum atomic E-state index is 14.1. The second kappa shape index (κ2) is 5.94. The van der Waals surface area contributed by atoms with Gasteiger partial charge in [0, 0.05) is 24.2 Å². The molecule has 25 heavy (non-hydrogen) atoms. The van der Waals surface area contributed by atoms with Crippen LogP contribution in [-0.2, 0) is 11.8 Å². The molecule has 0 atom stereocenters. The number of nitrogens with zero attached hydrogens (tertiary/aromatic N) is 4. The minimum absolute atomic E-state index is 0.0583. The van der Waals surface area contributed by atoms with E-state index in [2.05, 4.69) is 20.2 Å². The van der Waals surface area contributed by atoms with Crippen LogP contribution in [0.4, 0.5) is 13.2 Å². The Hall–Kier alpha value is -2.77. The van der Waals surface area contributed by atoms with Gasteiger partial charge in [0.1, 0.15) is 11.6 Å². The largest absolute Gasteiger partial charge is 0.415 e. The van der Waals surface area contributed by atoms with E-state index in [-0.39, 0.29) is 17.1 Å². The molecular formula is C17H13F3N4O. The van der Waals surface area contributed by atoms with Crippen LogP contribution in [0.5, 0.6) is 0 Å². The van der Waals surface area contributed by atoms with E-state index in [0.29, 0.717) is 23.4 Å². The lowest BCUT2D eigenvalue weighted by molar-refractivity contribution is 0.116. The van der Waals surface area contributed by atoms with Gasteiger partial charge in [-0.05, 0) is 24.5 Å². The Labute approximate surface area is 141 Å². The van der Waals surface area contributed by atoms with Gasteiger partial charge in [-0.2, -0.15) is 8.78 Å². The van der Waals surface area contributed by atoms with E-state index in [0.717, 1.165) is 12.8 Å². The number of halogens is 3. The van der Waals surface area contributed by atoms with E-state index in [9.17, 15) is 13.2 Å².